The van der Waals surface area contributed by atoms with Crippen LogP contribution in [-0.4, -0.2) is 39.6 Å². The van der Waals surface area contributed by atoms with E-state index in [2.05, 4.69) is 112 Å². The first-order valence-corrected chi connectivity index (χ1v) is 15.9. The van der Waals surface area contributed by atoms with E-state index >= 15 is 0 Å². The summed E-state index contributed by atoms with van der Waals surface area (Å²) in [5.41, 5.74) is 6.57. The maximum atomic E-state index is 7.24. The summed E-state index contributed by atoms with van der Waals surface area (Å²) >= 11 is 0. The molecule has 0 spiro atoms. The Bertz CT molecular complexity index is 853. The van der Waals surface area contributed by atoms with Gasteiger partial charge in [0.2, 0.25) is 0 Å². The number of hydrazine groups is 1. The van der Waals surface area contributed by atoms with Gasteiger partial charge in [0.25, 0.3) is 0 Å². The van der Waals surface area contributed by atoms with Crippen LogP contribution in [0.2, 0.25) is 18.1 Å². The Hall–Kier alpha value is -1.50. The molecular weight excluding hydrogens is 436 g/mol. The molecule has 4 atom stereocenters. The molecule has 5 heteroatoms. The van der Waals surface area contributed by atoms with Crippen LogP contribution in [0, 0.1) is 5.92 Å². The maximum Gasteiger partial charge on any atom is 0.192 e. The molecule has 188 valence electrons. The van der Waals surface area contributed by atoms with Crippen LogP contribution in [0.5, 0.6) is 0 Å². The highest BCUT2D eigenvalue weighted by Crippen LogP contribution is 2.45. The van der Waals surface area contributed by atoms with Crippen molar-refractivity contribution in [3.05, 3.63) is 71.8 Å². The van der Waals surface area contributed by atoms with Crippen LogP contribution in [0.3, 0.4) is 0 Å². The standard InChI is InChI=1S/C29H46N2O2Si/c1-8-26(28(24-18-13-10-14-19-24)33-34(6,7)29(2,3)4)27(23-16-11-9-12-17-23)30-31-21-15-20-25(31)22-32-5/h9-14,16-19,25-28,30H,8,15,20-22H2,1-7H3/t25-,26-,27+,28-/m0/s1. The monoisotopic (exact) mass is 482 g/mol. The van der Waals surface area contributed by atoms with Crippen LogP contribution in [0.4, 0.5) is 0 Å². The predicted molar refractivity (Wildman–Crippen MR) is 145 cm³/mol. The van der Waals surface area contributed by atoms with Crippen molar-refractivity contribution in [2.24, 2.45) is 5.92 Å². The topological polar surface area (TPSA) is 33.7 Å². The van der Waals surface area contributed by atoms with Gasteiger partial charge in [-0.3, -0.25) is 0 Å². The molecule has 1 heterocycles. The zero-order valence-electron chi connectivity index (χ0n) is 22.4. The normalized spacial score (nSPS) is 20.3. The molecule has 0 radical (unpaired) electrons. The van der Waals surface area contributed by atoms with Gasteiger partial charge in [0.05, 0.1) is 18.8 Å². The first-order valence-electron chi connectivity index (χ1n) is 13.0. The van der Waals surface area contributed by atoms with Gasteiger partial charge in [-0.05, 0) is 48.5 Å². The van der Waals surface area contributed by atoms with Crippen LogP contribution in [0.15, 0.2) is 60.7 Å². The zero-order valence-corrected chi connectivity index (χ0v) is 23.4. The number of nitrogens with zero attached hydrogens (tertiary/aromatic N) is 1. The Morgan fingerprint density at radius 3 is 2.12 bits per heavy atom. The van der Waals surface area contributed by atoms with Crippen molar-refractivity contribution in [3.63, 3.8) is 0 Å². The molecular formula is C29H46N2O2Si. The second-order valence-electron chi connectivity index (χ2n) is 11.2. The molecule has 0 amide bonds. The Morgan fingerprint density at radius 2 is 1.59 bits per heavy atom. The number of methoxy groups -OCH3 is 1. The van der Waals surface area contributed by atoms with Crippen LogP contribution >= 0.6 is 0 Å². The van der Waals surface area contributed by atoms with E-state index in [0.29, 0.717) is 6.04 Å². The quantitative estimate of drug-likeness (QED) is 0.345. The maximum absolute atomic E-state index is 7.24. The SMILES string of the molecule is CC[C@@H]([C@H](NN1CCC[C@H]1COC)c1ccccc1)[C@@H](O[Si](C)(C)C(C)(C)C)c1ccccc1. The Labute approximate surface area is 209 Å². The Morgan fingerprint density at radius 1 is 1.00 bits per heavy atom. The van der Waals surface area contributed by atoms with Gasteiger partial charge in [0.1, 0.15) is 0 Å². The second-order valence-corrected chi connectivity index (χ2v) is 16.0. The second kappa shape index (κ2) is 12.0. The van der Waals surface area contributed by atoms with E-state index in [-0.39, 0.29) is 23.1 Å². The predicted octanol–water partition coefficient (Wildman–Crippen LogP) is 7.13. The summed E-state index contributed by atoms with van der Waals surface area (Å²) in [5.74, 6) is 0.280. The molecule has 4 nitrogen and oxygen atoms in total. The van der Waals surface area contributed by atoms with Gasteiger partial charge in [-0.1, -0.05) is 88.4 Å². The summed E-state index contributed by atoms with van der Waals surface area (Å²) in [5, 5.41) is 2.57. The summed E-state index contributed by atoms with van der Waals surface area (Å²) in [7, 11) is -0.204. The van der Waals surface area contributed by atoms with E-state index in [1.54, 1.807) is 7.11 Å². The molecule has 2 aromatic rings. The van der Waals surface area contributed by atoms with E-state index in [1.807, 2.05) is 0 Å². The van der Waals surface area contributed by atoms with Crippen molar-refractivity contribution in [1.29, 1.82) is 0 Å². The molecule has 1 saturated heterocycles. The van der Waals surface area contributed by atoms with Gasteiger partial charge < -0.3 is 9.16 Å². The molecule has 0 aliphatic carbocycles. The minimum Gasteiger partial charge on any atom is -0.410 e. The molecule has 0 saturated carbocycles. The zero-order chi connectivity index (χ0) is 24.8. The van der Waals surface area contributed by atoms with Crippen molar-refractivity contribution in [2.45, 2.75) is 83.3 Å². The van der Waals surface area contributed by atoms with Crippen LogP contribution in [-0.2, 0) is 9.16 Å². The number of benzene rings is 2. The fourth-order valence-electron chi connectivity index (χ4n) is 4.79. The van der Waals surface area contributed by atoms with Gasteiger partial charge in [-0.2, -0.15) is 0 Å². The highest BCUT2D eigenvalue weighted by molar-refractivity contribution is 6.74. The summed E-state index contributed by atoms with van der Waals surface area (Å²) < 4.78 is 12.8. The van der Waals surface area contributed by atoms with E-state index in [0.717, 1.165) is 19.6 Å². The lowest BCUT2D eigenvalue weighted by Gasteiger charge is -2.44. The fourth-order valence-corrected chi connectivity index (χ4v) is 6.09. The average molecular weight is 483 g/mol. The molecule has 1 fully saturated rings. The molecule has 1 aliphatic heterocycles. The van der Waals surface area contributed by atoms with Crippen molar-refractivity contribution in [3.8, 4) is 0 Å². The molecule has 2 aromatic carbocycles. The third kappa shape index (κ3) is 6.58. The van der Waals surface area contributed by atoms with E-state index < -0.39 is 8.32 Å². The molecule has 0 aromatic heterocycles. The van der Waals surface area contributed by atoms with Crippen molar-refractivity contribution in [1.82, 2.24) is 10.4 Å². The number of nitrogens with one attached hydrogen (secondary N) is 1. The minimum atomic E-state index is -2.01. The lowest BCUT2D eigenvalue weighted by atomic mass is 9.84. The highest BCUT2D eigenvalue weighted by atomic mass is 28.4. The summed E-state index contributed by atoms with van der Waals surface area (Å²) in [6.45, 7) is 15.8. The largest absolute Gasteiger partial charge is 0.410 e. The lowest BCUT2D eigenvalue weighted by Crippen LogP contribution is -2.49. The van der Waals surface area contributed by atoms with Crippen LogP contribution in [0.25, 0.3) is 0 Å². The molecule has 1 aliphatic rings. The Balaban J connectivity index is 2.02. The molecule has 34 heavy (non-hydrogen) atoms. The Kier molecular flexibility index (Phi) is 9.53. The number of hydrogen-bond donors (Lipinski definition) is 1. The first-order chi connectivity index (χ1) is 16.2. The van der Waals surface area contributed by atoms with E-state index in [9.17, 15) is 0 Å². The highest BCUT2D eigenvalue weighted by Gasteiger charge is 2.43. The van der Waals surface area contributed by atoms with Crippen molar-refractivity contribution in [2.75, 3.05) is 20.3 Å². The van der Waals surface area contributed by atoms with E-state index in [4.69, 9.17) is 9.16 Å². The van der Waals surface area contributed by atoms with Gasteiger partial charge in [-0.25, -0.2) is 10.4 Å². The third-order valence-electron chi connectivity index (χ3n) is 7.84. The van der Waals surface area contributed by atoms with Gasteiger partial charge >= 0.3 is 0 Å². The minimum absolute atomic E-state index is 0.0216. The van der Waals surface area contributed by atoms with Crippen LogP contribution in [0.1, 0.15) is 70.2 Å². The third-order valence-corrected chi connectivity index (χ3v) is 12.3. The van der Waals surface area contributed by atoms with E-state index in [1.165, 1.54) is 24.0 Å². The lowest BCUT2D eigenvalue weighted by molar-refractivity contribution is 0.0285. The van der Waals surface area contributed by atoms with Gasteiger partial charge in [0.15, 0.2) is 8.32 Å². The number of hydrogen-bond acceptors (Lipinski definition) is 4. The van der Waals surface area contributed by atoms with Crippen LogP contribution < -0.4 is 5.43 Å². The smallest absolute Gasteiger partial charge is 0.192 e. The average Bonchev–Trinajstić information content (AvgIpc) is 3.25. The van der Waals surface area contributed by atoms with Crippen molar-refractivity contribution < 1.29 is 9.16 Å². The molecule has 0 unspecified atom stereocenters. The number of rotatable bonds is 11. The molecule has 0 bridgehead atoms. The van der Waals surface area contributed by atoms with Gasteiger partial charge in [0, 0.05) is 25.6 Å². The molecule has 1 N–H and O–H groups in total. The molecule has 3 rings (SSSR count). The van der Waals surface area contributed by atoms with Crippen molar-refractivity contribution >= 4 is 8.32 Å². The summed E-state index contributed by atoms with van der Waals surface area (Å²) in [4.78, 5) is 0. The summed E-state index contributed by atoms with van der Waals surface area (Å²) in [6.07, 6.45) is 3.40. The van der Waals surface area contributed by atoms with Gasteiger partial charge in [-0.15, -0.1) is 0 Å². The summed E-state index contributed by atoms with van der Waals surface area (Å²) in [6, 6.07) is 22.4. The first kappa shape index (κ1) is 27.1. The number of ether oxygens (including phenoxy) is 1. The fraction of sp³-hybridized carbons (Fsp3) is 0.586.